The molecule has 0 saturated carbocycles. The van der Waals surface area contributed by atoms with E-state index in [-0.39, 0.29) is 18.4 Å². The maximum absolute atomic E-state index is 11.8. The lowest BCUT2D eigenvalue weighted by Gasteiger charge is -2.24. The third-order valence-corrected chi connectivity index (χ3v) is 2.88. The maximum atomic E-state index is 11.8. The van der Waals surface area contributed by atoms with Gasteiger partial charge >= 0.3 is 5.97 Å². The molecule has 1 aliphatic carbocycles. The van der Waals surface area contributed by atoms with Crippen molar-refractivity contribution in [2.45, 2.75) is 19.8 Å². The van der Waals surface area contributed by atoms with Crippen molar-refractivity contribution in [3.8, 4) is 0 Å². The van der Waals surface area contributed by atoms with Crippen LogP contribution in [0.2, 0.25) is 0 Å². The maximum Gasteiger partial charge on any atom is 0.307 e. The Hall–Kier alpha value is -1.85. The Morgan fingerprint density at radius 1 is 1.17 bits per heavy atom. The first-order chi connectivity index (χ1) is 8.56. The first-order valence-corrected chi connectivity index (χ1v) is 5.98. The summed E-state index contributed by atoms with van der Waals surface area (Å²) in [5.41, 5.74) is 0. The van der Waals surface area contributed by atoms with Crippen LogP contribution in [0.15, 0.2) is 12.2 Å². The SMILES string of the molecule is CCNC(=O)CNC(=O)C1CC=CCC1C(=O)O. The molecule has 2 unspecified atom stereocenters. The topological polar surface area (TPSA) is 95.5 Å². The zero-order valence-corrected chi connectivity index (χ0v) is 10.3. The lowest BCUT2D eigenvalue weighted by atomic mass is 9.82. The van der Waals surface area contributed by atoms with Crippen LogP contribution in [0.4, 0.5) is 0 Å². The van der Waals surface area contributed by atoms with E-state index in [1.54, 1.807) is 19.1 Å². The summed E-state index contributed by atoms with van der Waals surface area (Å²) >= 11 is 0. The predicted octanol–water partition coefficient (Wildman–Crippen LogP) is -0.0943. The van der Waals surface area contributed by atoms with Gasteiger partial charge in [-0.3, -0.25) is 14.4 Å². The predicted molar refractivity (Wildman–Crippen MR) is 64.7 cm³/mol. The molecule has 0 saturated heterocycles. The molecule has 0 heterocycles. The third kappa shape index (κ3) is 3.87. The van der Waals surface area contributed by atoms with Gasteiger partial charge in [-0.05, 0) is 19.8 Å². The van der Waals surface area contributed by atoms with E-state index in [0.29, 0.717) is 19.4 Å². The van der Waals surface area contributed by atoms with Gasteiger partial charge in [0.05, 0.1) is 18.4 Å². The van der Waals surface area contributed by atoms with E-state index >= 15 is 0 Å². The Kier molecular flexibility index (Phi) is 5.35. The van der Waals surface area contributed by atoms with Gasteiger partial charge in [0.15, 0.2) is 0 Å². The van der Waals surface area contributed by atoms with Crippen molar-refractivity contribution in [1.29, 1.82) is 0 Å². The Labute approximate surface area is 105 Å². The second kappa shape index (κ2) is 6.78. The van der Waals surface area contributed by atoms with Crippen molar-refractivity contribution in [3.05, 3.63) is 12.2 Å². The van der Waals surface area contributed by atoms with E-state index in [1.165, 1.54) is 0 Å². The van der Waals surface area contributed by atoms with Gasteiger partial charge in [-0.25, -0.2) is 0 Å². The highest BCUT2D eigenvalue weighted by Crippen LogP contribution is 2.25. The van der Waals surface area contributed by atoms with Crippen LogP contribution in [0.5, 0.6) is 0 Å². The minimum atomic E-state index is -0.975. The number of carbonyl (C=O) groups is 3. The zero-order valence-electron chi connectivity index (χ0n) is 10.3. The molecule has 2 amide bonds. The number of carboxylic acid groups (broad SMARTS) is 1. The Balaban J connectivity index is 2.51. The van der Waals surface area contributed by atoms with Crippen LogP contribution in [-0.2, 0) is 14.4 Å². The molecule has 1 aliphatic rings. The monoisotopic (exact) mass is 254 g/mol. The molecule has 3 N–H and O–H groups in total. The van der Waals surface area contributed by atoms with Crippen molar-refractivity contribution in [1.82, 2.24) is 10.6 Å². The highest BCUT2D eigenvalue weighted by atomic mass is 16.4. The number of aliphatic carboxylic acids is 1. The quantitative estimate of drug-likeness (QED) is 0.597. The summed E-state index contributed by atoms with van der Waals surface area (Å²) in [6.45, 7) is 2.17. The molecule has 6 nitrogen and oxygen atoms in total. The van der Waals surface area contributed by atoms with Crippen molar-refractivity contribution in [2.75, 3.05) is 13.1 Å². The fourth-order valence-electron chi connectivity index (χ4n) is 1.94. The van der Waals surface area contributed by atoms with Gasteiger partial charge in [0, 0.05) is 6.54 Å². The van der Waals surface area contributed by atoms with Crippen molar-refractivity contribution < 1.29 is 19.5 Å². The van der Waals surface area contributed by atoms with E-state index in [9.17, 15) is 14.4 Å². The van der Waals surface area contributed by atoms with E-state index in [0.717, 1.165) is 0 Å². The van der Waals surface area contributed by atoms with Gasteiger partial charge in [-0.15, -0.1) is 0 Å². The molecule has 0 aliphatic heterocycles. The Bertz CT molecular complexity index is 365. The average Bonchev–Trinajstić information content (AvgIpc) is 2.36. The van der Waals surface area contributed by atoms with Crippen LogP contribution in [0, 0.1) is 11.8 Å². The van der Waals surface area contributed by atoms with E-state index in [1.807, 2.05) is 0 Å². The number of hydrogen-bond donors (Lipinski definition) is 3. The number of rotatable bonds is 5. The Morgan fingerprint density at radius 3 is 2.33 bits per heavy atom. The lowest BCUT2D eigenvalue weighted by Crippen LogP contribution is -2.43. The van der Waals surface area contributed by atoms with E-state index < -0.39 is 17.8 Å². The summed E-state index contributed by atoms with van der Waals surface area (Å²) in [5, 5.41) is 14.1. The average molecular weight is 254 g/mol. The molecular weight excluding hydrogens is 236 g/mol. The second-order valence-electron chi connectivity index (χ2n) is 4.17. The van der Waals surface area contributed by atoms with Crippen LogP contribution in [0.1, 0.15) is 19.8 Å². The summed E-state index contributed by atoms with van der Waals surface area (Å²) < 4.78 is 0. The molecular formula is C12H18N2O4. The smallest absolute Gasteiger partial charge is 0.307 e. The Morgan fingerprint density at radius 2 is 1.78 bits per heavy atom. The van der Waals surface area contributed by atoms with Crippen molar-refractivity contribution >= 4 is 17.8 Å². The van der Waals surface area contributed by atoms with Crippen LogP contribution in [-0.4, -0.2) is 36.0 Å². The molecule has 100 valence electrons. The molecule has 0 aromatic carbocycles. The summed E-state index contributed by atoms with van der Waals surface area (Å²) in [4.78, 5) is 34.0. The zero-order chi connectivity index (χ0) is 13.5. The second-order valence-corrected chi connectivity index (χ2v) is 4.17. The molecule has 0 aromatic rings. The van der Waals surface area contributed by atoms with E-state index in [2.05, 4.69) is 10.6 Å². The number of hydrogen-bond acceptors (Lipinski definition) is 3. The number of likely N-dealkylation sites (N-methyl/N-ethyl adjacent to an activating group) is 1. The lowest BCUT2D eigenvalue weighted by molar-refractivity contribution is -0.147. The van der Waals surface area contributed by atoms with Crippen LogP contribution in [0.3, 0.4) is 0 Å². The number of carbonyl (C=O) groups excluding carboxylic acids is 2. The molecule has 2 atom stereocenters. The summed E-state index contributed by atoms with van der Waals surface area (Å²) in [7, 11) is 0. The number of amides is 2. The normalized spacial score (nSPS) is 22.3. The van der Waals surface area contributed by atoms with Gasteiger partial charge in [-0.1, -0.05) is 12.2 Å². The van der Waals surface area contributed by atoms with Gasteiger partial charge in [0.25, 0.3) is 0 Å². The molecule has 0 bridgehead atoms. The van der Waals surface area contributed by atoms with Crippen LogP contribution >= 0.6 is 0 Å². The van der Waals surface area contributed by atoms with Gasteiger partial charge < -0.3 is 15.7 Å². The molecule has 0 fully saturated rings. The number of carboxylic acids is 1. The fourth-order valence-corrected chi connectivity index (χ4v) is 1.94. The molecule has 0 aromatic heterocycles. The first kappa shape index (κ1) is 14.2. The van der Waals surface area contributed by atoms with E-state index in [4.69, 9.17) is 5.11 Å². The van der Waals surface area contributed by atoms with Crippen LogP contribution < -0.4 is 10.6 Å². The summed E-state index contributed by atoms with van der Waals surface area (Å²) in [5.74, 6) is -2.93. The number of nitrogens with one attached hydrogen (secondary N) is 2. The molecule has 0 spiro atoms. The first-order valence-electron chi connectivity index (χ1n) is 5.98. The molecule has 0 radical (unpaired) electrons. The summed E-state index contributed by atoms with van der Waals surface area (Å²) in [6.07, 6.45) is 4.33. The van der Waals surface area contributed by atoms with Gasteiger partial charge in [0.2, 0.25) is 11.8 Å². The minimum absolute atomic E-state index is 0.112. The molecule has 18 heavy (non-hydrogen) atoms. The van der Waals surface area contributed by atoms with Gasteiger partial charge in [-0.2, -0.15) is 0 Å². The standard InChI is InChI=1S/C12H18N2O4/c1-2-13-10(15)7-14-11(16)8-5-3-4-6-9(8)12(17)18/h3-4,8-9H,2,5-7H2,1H3,(H,13,15)(H,14,16)(H,17,18). The highest BCUT2D eigenvalue weighted by molar-refractivity contribution is 5.88. The van der Waals surface area contributed by atoms with Crippen LogP contribution in [0.25, 0.3) is 0 Å². The molecule has 6 heteroatoms. The van der Waals surface area contributed by atoms with Crippen molar-refractivity contribution in [2.24, 2.45) is 11.8 Å². The van der Waals surface area contributed by atoms with Crippen molar-refractivity contribution in [3.63, 3.8) is 0 Å². The van der Waals surface area contributed by atoms with Gasteiger partial charge in [0.1, 0.15) is 0 Å². The molecule has 1 rings (SSSR count). The largest absolute Gasteiger partial charge is 0.481 e. The highest BCUT2D eigenvalue weighted by Gasteiger charge is 2.33. The number of allylic oxidation sites excluding steroid dienone is 2. The summed E-state index contributed by atoms with van der Waals surface area (Å²) in [6, 6.07) is 0. The minimum Gasteiger partial charge on any atom is -0.481 e. The fraction of sp³-hybridized carbons (Fsp3) is 0.583. The third-order valence-electron chi connectivity index (χ3n) is 2.88.